The molecule has 7 heteroatoms. The van der Waals surface area contributed by atoms with Gasteiger partial charge in [-0.2, -0.15) is 0 Å². The molecule has 0 bridgehead atoms. The lowest BCUT2D eigenvalue weighted by Crippen LogP contribution is -2.53. The number of hydrogen-bond acceptors (Lipinski definition) is 5. The Labute approximate surface area is 140 Å². The number of nitrogens with one attached hydrogen (secondary N) is 1. The highest BCUT2D eigenvalue weighted by molar-refractivity contribution is 5.96. The van der Waals surface area contributed by atoms with Gasteiger partial charge in [0, 0.05) is 24.3 Å². The molecule has 0 spiro atoms. The van der Waals surface area contributed by atoms with E-state index in [0.29, 0.717) is 43.1 Å². The normalized spacial score (nSPS) is 16.3. The van der Waals surface area contributed by atoms with Crippen LogP contribution in [-0.2, 0) is 9.53 Å². The van der Waals surface area contributed by atoms with E-state index >= 15 is 0 Å². The second-order valence-electron chi connectivity index (χ2n) is 5.92. The highest BCUT2D eigenvalue weighted by atomic mass is 16.5. The minimum atomic E-state index is -0.948. The van der Waals surface area contributed by atoms with E-state index in [1.54, 1.807) is 12.1 Å². The summed E-state index contributed by atoms with van der Waals surface area (Å²) in [5.41, 5.74) is 0.361. The molecule has 1 aliphatic rings. The van der Waals surface area contributed by atoms with Crippen LogP contribution in [0.5, 0.6) is 11.5 Å². The van der Waals surface area contributed by atoms with Crippen LogP contribution >= 0.6 is 0 Å². The quantitative estimate of drug-likeness (QED) is 0.821. The van der Waals surface area contributed by atoms with Crippen LogP contribution < -0.4 is 14.8 Å². The number of methoxy groups -OCH3 is 2. The van der Waals surface area contributed by atoms with Crippen molar-refractivity contribution in [3.8, 4) is 11.5 Å². The van der Waals surface area contributed by atoms with Crippen molar-refractivity contribution in [2.24, 2.45) is 0 Å². The Bertz CT molecular complexity index is 597. The first kappa shape index (κ1) is 18.1. The van der Waals surface area contributed by atoms with Gasteiger partial charge in [-0.1, -0.05) is 0 Å². The SMILES string of the molecule is COc1cc(C(=O)NC2(CC(=O)O)CCOCC2)cc(OC)c1C. The van der Waals surface area contributed by atoms with Crippen LogP contribution in [0.3, 0.4) is 0 Å². The van der Waals surface area contributed by atoms with Crippen LogP contribution in [0, 0.1) is 6.92 Å². The van der Waals surface area contributed by atoms with Gasteiger partial charge in [-0.15, -0.1) is 0 Å². The van der Waals surface area contributed by atoms with Gasteiger partial charge in [0.2, 0.25) is 0 Å². The van der Waals surface area contributed by atoms with Crippen molar-refractivity contribution in [3.05, 3.63) is 23.3 Å². The number of amides is 1. The summed E-state index contributed by atoms with van der Waals surface area (Å²) in [5, 5.41) is 12.1. The first-order chi connectivity index (χ1) is 11.4. The lowest BCUT2D eigenvalue weighted by molar-refractivity contribution is -0.139. The van der Waals surface area contributed by atoms with E-state index in [9.17, 15) is 14.7 Å². The van der Waals surface area contributed by atoms with Gasteiger partial charge < -0.3 is 24.6 Å². The molecule has 0 atom stereocenters. The van der Waals surface area contributed by atoms with E-state index in [-0.39, 0.29) is 12.3 Å². The van der Waals surface area contributed by atoms with Crippen molar-refractivity contribution in [2.75, 3.05) is 27.4 Å². The van der Waals surface area contributed by atoms with Gasteiger partial charge in [-0.3, -0.25) is 9.59 Å². The molecule has 24 heavy (non-hydrogen) atoms. The summed E-state index contributed by atoms with van der Waals surface area (Å²) >= 11 is 0. The molecule has 0 radical (unpaired) electrons. The predicted molar refractivity (Wildman–Crippen MR) is 86.8 cm³/mol. The zero-order valence-electron chi connectivity index (χ0n) is 14.2. The number of rotatable bonds is 6. The first-order valence-corrected chi connectivity index (χ1v) is 7.75. The van der Waals surface area contributed by atoms with E-state index in [2.05, 4.69) is 5.32 Å². The second-order valence-corrected chi connectivity index (χ2v) is 5.92. The smallest absolute Gasteiger partial charge is 0.305 e. The highest BCUT2D eigenvalue weighted by Gasteiger charge is 2.36. The van der Waals surface area contributed by atoms with Crippen molar-refractivity contribution >= 4 is 11.9 Å². The van der Waals surface area contributed by atoms with E-state index in [1.807, 2.05) is 6.92 Å². The number of hydrogen-bond donors (Lipinski definition) is 2. The molecular formula is C17H23NO6. The van der Waals surface area contributed by atoms with E-state index in [4.69, 9.17) is 14.2 Å². The first-order valence-electron chi connectivity index (χ1n) is 7.75. The molecule has 0 saturated carbocycles. The number of ether oxygens (including phenoxy) is 3. The Morgan fingerprint density at radius 3 is 2.21 bits per heavy atom. The molecule has 1 fully saturated rings. The molecule has 0 unspecified atom stereocenters. The van der Waals surface area contributed by atoms with Crippen molar-refractivity contribution in [3.63, 3.8) is 0 Å². The van der Waals surface area contributed by atoms with Crippen LogP contribution in [0.25, 0.3) is 0 Å². The average molecular weight is 337 g/mol. The molecule has 0 aliphatic carbocycles. The maximum atomic E-state index is 12.7. The largest absolute Gasteiger partial charge is 0.496 e. The van der Waals surface area contributed by atoms with E-state index in [1.165, 1.54) is 14.2 Å². The molecule has 0 aromatic heterocycles. The van der Waals surface area contributed by atoms with Crippen LogP contribution in [0.1, 0.15) is 35.2 Å². The molecule has 7 nitrogen and oxygen atoms in total. The molecule has 1 saturated heterocycles. The summed E-state index contributed by atoms with van der Waals surface area (Å²) in [6, 6.07) is 3.25. The molecule has 1 aliphatic heterocycles. The van der Waals surface area contributed by atoms with Crippen molar-refractivity contribution in [1.29, 1.82) is 0 Å². The fraction of sp³-hybridized carbons (Fsp3) is 0.529. The summed E-state index contributed by atoms with van der Waals surface area (Å²) in [4.78, 5) is 23.9. The third-order valence-electron chi connectivity index (χ3n) is 4.33. The minimum Gasteiger partial charge on any atom is -0.496 e. The molecule has 2 N–H and O–H groups in total. The zero-order chi connectivity index (χ0) is 17.7. The van der Waals surface area contributed by atoms with Gasteiger partial charge in [-0.25, -0.2) is 0 Å². The Morgan fingerprint density at radius 2 is 1.75 bits per heavy atom. The maximum absolute atomic E-state index is 12.7. The number of carbonyl (C=O) groups is 2. The van der Waals surface area contributed by atoms with Gasteiger partial charge in [0.15, 0.2) is 0 Å². The summed E-state index contributed by atoms with van der Waals surface area (Å²) in [6.07, 6.45) is 0.790. The highest BCUT2D eigenvalue weighted by Crippen LogP contribution is 2.31. The average Bonchev–Trinajstić information content (AvgIpc) is 2.54. The fourth-order valence-corrected chi connectivity index (χ4v) is 2.93. The van der Waals surface area contributed by atoms with Crippen LogP contribution in [0.4, 0.5) is 0 Å². The third-order valence-corrected chi connectivity index (χ3v) is 4.33. The standard InChI is InChI=1S/C17H23NO6/c1-11-13(22-2)8-12(9-14(11)23-3)16(21)18-17(10-15(19)20)4-6-24-7-5-17/h8-9H,4-7,10H2,1-3H3,(H,18,21)(H,19,20). The van der Waals surface area contributed by atoms with Crippen LogP contribution in [0.15, 0.2) is 12.1 Å². The van der Waals surface area contributed by atoms with Crippen molar-refractivity contribution in [2.45, 2.75) is 31.7 Å². The topological polar surface area (TPSA) is 94.1 Å². The molecule has 1 aromatic carbocycles. The fourth-order valence-electron chi connectivity index (χ4n) is 2.93. The van der Waals surface area contributed by atoms with Gasteiger partial charge in [-0.05, 0) is 31.9 Å². The molecule has 2 rings (SSSR count). The summed E-state index contributed by atoms with van der Waals surface area (Å²) in [7, 11) is 3.04. The van der Waals surface area contributed by atoms with Crippen molar-refractivity contribution in [1.82, 2.24) is 5.32 Å². The zero-order valence-corrected chi connectivity index (χ0v) is 14.2. The lowest BCUT2D eigenvalue weighted by atomic mass is 9.86. The van der Waals surface area contributed by atoms with E-state index in [0.717, 1.165) is 5.56 Å². The number of aliphatic carboxylic acids is 1. The number of carbonyl (C=O) groups excluding carboxylic acids is 1. The maximum Gasteiger partial charge on any atom is 0.305 e. The molecular weight excluding hydrogens is 314 g/mol. The summed E-state index contributed by atoms with van der Waals surface area (Å²) < 4.78 is 15.9. The number of carboxylic acid groups (broad SMARTS) is 1. The monoisotopic (exact) mass is 337 g/mol. The molecule has 1 amide bonds. The second kappa shape index (κ2) is 7.53. The van der Waals surface area contributed by atoms with Crippen LogP contribution in [-0.4, -0.2) is 50.0 Å². The summed E-state index contributed by atoms with van der Waals surface area (Å²) in [5.74, 6) is -0.219. The Kier molecular flexibility index (Phi) is 5.66. The van der Waals surface area contributed by atoms with Gasteiger partial charge in [0.05, 0.1) is 26.2 Å². The molecule has 1 aromatic rings. The Balaban J connectivity index is 2.28. The van der Waals surface area contributed by atoms with Gasteiger partial charge >= 0.3 is 5.97 Å². The van der Waals surface area contributed by atoms with Gasteiger partial charge in [0.1, 0.15) is 11.5 Å². The van der Waals surface area contributed by atoms with Gasteiger partial charge in [0.25, 0.3) is 5.91 Å². The Morgan fingerprint density at radius 1 is 1.21 bits per heavy atom. The minimum absolute atomic E-state index is 0.137. The number of carboxylic acids is 1. The molecule has 1 heterocycles. The van der Waals surface area contributed by atoms with Crippen LogP contribution in [0.2, 0.25) is 0 Å². The summed E-state index contributed by atoms with van der Waals surface area (Å²) in [6.45, 7) is 2.69. The lowest BCUT2D eigenvalue weighted by Gasteiger charge is -2.36. The molecule has 132 valence electrons. The van der Waals surface area contributed by atoms with Crippen molar-refractivity contribution < 1.29 is 28.9 Å². The Hall–Kier alpha value is -2.28. The third kappa shape index (κ3) is 3.97. The number of benzene rings is 1. The predicted octanol–water partition coefficient (Wildman–Crippen LogP) is 1.77. The van der Waals surface area contributed by atoms with E-state index < -0.39 is 11.5 Å².